The Bertz CT molecular complexity index is 307. The minimum atomic E-state index is -0.432. The summed E-state index contributed by atoms with van der Waals surface area (Å²) in [6.45, 7) is 7.30. The van der Waals surface area contributed by atoms with Crippen LogP contribution in [0, 0.1) is 5.92 Å². The van der Waals surface area contributed by atoms with Crippen LogP contribution < -0.4 is 0 Å². The number of carbonyl (C=O) groups excluding carboxylic acids is 1. The van der Waals surface area contributed by atoms with Crippen LogP contribution in [0.1, 0.15) is 27.2 Å². The van der Waals surface area contributed by atoms with E-state index in [-0.39, 0.29) is 17.4 Å². The fourth-order valence-electron chi connectivity index (χ4n) is 2.45. The number of thioether (sulfide) groups is 1. The van der Waals surface area contributed by atoms with E-state index < -0.39 is 5.60 Å². The van der Waals surface area contributed by atoms with Gasteiger partial charge in [0.1, 0.15) is 5.60 Å². The van der Waals surface area contributed by atoms with E-state index in [1.807, 2.05) is 32.5 Å². The lowest BCUT2D eigenvalue weighted by molar-refractivity contribution is -0.00555. The van der Waals surface area contributed by atoms with E-state index in [4.69, 9.17) is 4.74 Å². The van der Waals surface area contributed by atoms with E-state index in [1.165, 1.54) is 0 Å². The predicted molar refractivity (Wildman–Crippen MR) is 68.2 cm³/mol. The Labute approximate surface area is 107 Å². The van der Waals surface area contributed by atoms with Gasteiger partial charge in [0.25, 0.3) is 0 Å². The number of carbonyl (C=O) groups is 1. The highest BCUT2D eigenvalue weighted by Crippen LogP contribution is 2.49. The number of rotatable bonds is 1. The van der Waals surface area contributed by atoms with Crippen molar-refractivity contribution in [2.75, 3.05) is 25.4 Å². The maximum Gasteiger partial charge on any atom is 0.410 e. The molecule has 0 aromatic carbocycles. The quantitative estimate of drug-likeness (QED) is 0.779. The van der Waals surface area contributed by atoms with Crippen LogP contribution in [0.2, 0.25) is 0 Å². The number of likely N-dealkylation sites (tertiary alicyclic amines) is 1. The Morgan fingerprint density at radius 1 is 1.53 bits per heavy atom. The van der Waals surface area contributed by atoms with Gasteiger partial charge in [0.05, 0.1) is 4.75 Å². The van der Waals surface area contributed by atoms with Crippen molar-refractivity contribution in [3.63, 3.8) is 0 Å². The average Bonchev–Trinajstić information content (AvgIpc) is 2.55. The third-order valence-electron chi connectivity index (χ3n) is 3.39. The molecule has 0 aromatic rings. The summed E-state index contributed by atoms with van der Waals surface area (Å²) in [4.78, 5) is 13.6. The summed E-state index contributed by atoms with van der Waals surface area (Å²) in [5, 5.41) is 9.33. The molecule has 0 aromatic heterocycles. The molecule has 1 amide bonds. The van der Waals surface area contributed by atoms with Crippen LogP contribution in [0.4, 0.5) is 4.79 Å². The van der Waals surface area contributed by atoms with Gasteiger partial charge in [-0.1, -0.05) is 0 Å². The molecule has 4 nitrogen and oxygen atoms in total. The maximum atomic E-state index is 11.8. The van der Waals surface area contributed by atoms with Gasteiger partial charge in [0, 0.05) is 25.6 Å². The van der Waals surface area contributed by atoms with E-state index in [0.29, 0.717) is 5.92 Å². The molecule has 5 heteroatoms. The average molecular weight is 259 g/mol. The summed E-state index contributed by atoms with van der Waals surface area (Å²) in [6.07, 6.45) is 0.830. The van der Waals surface area contributed by atoms with E-state index in [9.17, 15) is 9.90 Å². The predicted octanol–water partition coefficient (Wildman–Crippen LogP) is 1.72. The molecule has 1 N–H and O–H groups in total. The summed E-state index contributed by atoms with van der Waals surface area (Å²) in [5.41, 5.74) is -0.432. The molecule has 1 spiro atoms. The van der Waals surface area contributed by atoms with Crippen molar-refractivity contribution in [3.8, 4) is 0 Å². The number of nitrogens with zero attached hydrogens (tertiary/aromatic N) is 1. The molecule has 98 valence electrons. The molecule has 2 aliphatic heterocycles. The summed E-state index contributed by atoms with van der Waals surface area (Å²) in [5.74, 6) is 1.43. The Morgan fingerprint density at radius 2 is 2.18 bits per heavy atom. The van der Waals surface area contributed by atoms with Crippen molar-refractivity contribution in [1.29, 1.82) is 0 Å². The van der Waals surface area contributed by atoms with Gasteiger partial charge < -0.3 is 14.7 Å². The molecule has 0 aliphatic carbocycles. The van der Waals surface area contributed by atoms with Gasteiger partial charge in [-0.3, -0.25) is 0 Å². The van der Waals surface area contributed by atoms with Crippen LogP contribution in [0.3, 0.4) is 0 Å². The maximum absolute atomic E-state index is 11.8. The highest BCUT2D eigenvalue weighted by molar-refractivity contribution is 8.01. The molecule has 2 rings (SSSR count). The van der Waals surface area contributed by atoms with Crippen molar-refractivity contribution in [3.05, 3.63) is 0 Å². The summed E-state index contributed by atoms with van der Waals surface area (Å²) in [6, 6.07) is 0. The molecule has 2 heterocycles. The van der Waals surface area contributed by atoms with Gasteiger partial charge in [0.2, 0.25) is 0 Å². The highest BCUT2D eigenvalue weighted by Gasteiger charge is 2.54. The van der Waals surface area contributed by atoms with Crippen LogP contribution in [0.25, 0.3) is 0 Å². The Morgan fingerprint density at radius 3 is 2.71 bits per heavy atom. The molecular weight excluding hydrogens is 238 g/mol. The van der Waals surface area contributed by atoms with Crippen LogP contribution in [-0.4, -0.2) is 51.9 Å². The van der Waals surface area contributed by atoms with Gasteiger partial charge in [0.15, 0.2) is 0 Å². The van der Waals surface area contributed by atoms with E-state index in [2.05, 4.69) is 0 Å². The third kappa shape index (κ3) is 2.55. The zero-order valence-electron chi connectivity index (χ0n) is 10.7. The first kappa shape index (κ1) is 13.0. The Hall–Kier alpha value is -0.420. The number of aliphatic hydroxyl groups excluding tert-OH is 1. The molecule has 2 aliphatic rings. The molecule has 0 unspecified atom stereocenters. The number of hydrogen-bond acceptors (Lipinski definition) is 4. The first-order valence-corrected chi connectivity index (χ1v) is 7.08. The van der Waals surface area contributed by atoms with Crippen molar-refractivity contribution in [1.82, 2.24) is 4.90 Å². The van der Waals surface area contributed by atoms with E-state index in [0.717, 1.165) is 25.3 Å². The molecule has 1 atom stereocenters. The van der Waals surface area contributed by atoms with Gasteiger partial charge in [-0.2, -0.15) is 11.8 Å². The minimum absolute atomic E-state index is 0.103. The molecule has 17 heavy (non-hydrogen) atoms. The van der Waals surface area contributed by atoms with Gasteiger partial charge in [-0.25, -0.2) is 4.79 Å². The lowest BCUT2D eigenvalue weighted by Gasteiger charge is -2.50. The lowest BCUT2D eigenvalue weighted by Crippen LogP contribution is -2.64. The van der Waals surface area contributed by atoms with Crippen LogP contribution >= 0.6 is 11.8 Å². The normalized spacial score (nSPS) is 27.1. The van der Waals surface area contributed by atoms with Gasteiger partial charge >= 0.3 is 6.09 Å². The molecular formula is C12H21NO3S. The monoisotopic (exact) mass is 259 g/mol. The molecule has 2 saturated heterocycles. The fraction of sp³-hybridized carbons (Fsp3) is 0.917. The third-order valence-corrected chi connectivity index (χ3v) is 5.00. The largest absolute Gasteiger partial charge is 0.444 e. The number of ether oxygens (including phenoxy) is 1. The standard InChI is InChI=1S/C12H21NO3S/c1-11(2,3)16-10(15)13-7-12(8-13)9(6-14)4-5-17-12/h9,14H,4-8H2,1-3H3/t9-/m0/s1. The number of hydrogen-bond donors (Lipinski definition) is 1. The second kappa shape index (κ2) is 4.35. The second-order valence-corrected chi connectivity index (χ2v) is 7.43. The van der Waals surface area contributed by atoms with Crippen molar-refractivity contribution < 1.29 is 14.6 Å². The molecule has 0 saturated carbocycles. The first-order valence-electron chi connectivity index (χ1n) is 6.09. The van der Waals surface area contributed by atoms with Crippen molar-refractivity contribution >= 4 is 17.9 Å². The van der Waals surface area contributed by atoms with E-state index in [1.54, 1.807) is 4.90 Å². The minimum Gasteiger partial charge on any atom is -0.444 e. The zero-order chi connectivity index (χ0) is 12.7. The SMILES string of the molecule is CC(C)(C)OC(=O)N1CC2(C1)SCC[C@H]2CO. The first-order chi connectivity index (χ1) is 7.86. The summed E-state index contributed by atoms with van der Waals surface area (Å²) >= 11 is 1.89. The lowest BCUT2D eigenvalue weighted by atomic mass is 9.84. The van der Waals surface area contributed by atoms with Crippen LogP contribution in [-0.2, 0) is 4.74 Å². The Balaban J connectivity index is 1.88. The van der Waals surface area contributed by atoms with Crippen LogP contribution in [0.5, 0.6) is 0 Å². The van der Waals surface area contributed by atoms with Crippen LogP contribution in [0.15, 0.2) is 0 Å². The fourth-order valence-corrected chi connectivity index (χ4v) is 4.18. The van der Waals surface area contributed by atoms with Crippen molar-refractivity contribution in [2.24, 2.45) is 5.92 Å². The highest BCUT2D eigenvalue weighted by atomic mass is 32.2. The van der Waals surface area contributed by atoms with Gasteiger partial charge in [-0.05, 0) is 32.9 Å². The van der Waals surface area contributed by atoms with Gasteiger partial charge in [-0.15, -0.1) is 0 Å². The van der Waals surface area contributed by atoms with Crippen molar-refractivity contribution in [2.45, 2.75) is 37.5 Å². The summed E-state index contributed by atoms with van der Waals surface area (Å²) < 4.78 is 5.43. The second-order valence-electron chi connectivity index (χ2n) is 5.92. The summed E-state index contributed by atoms with van der Waals surface area (Å²) in [7, 11) is 0. The molecule has 0 bridgehead atoms. The van der Waals surface area contributed by atoms with E-state index >= 15 is 0 Å². The number of aliphatic hydroxyl groups is 1. The Kier molecular flexibility index (Phi) is 3.34. The smallest absolute Gasteiger partial charge is 0.410 e. The molecule has 0 radical (unpaired) electrons. The topological polar surface area (TPSA) is 49.8 Å². The molecule has 2 fully saturated rings. The number of amides is 1. The zero-order valence-corrected chi connectivity index (χ0v) is 11.5.